The fourth-order valence-electron chi connectivity index (χ4n) is 11.7. The largest absolute Gasteiger partial charge is 0.314 e. The zero-order chi connectivity index (χ0) is 33.9. The topological polar surface area (TPSA) is 3.24 Å². The molecule has 3 aromatic rings. The molecule has 0 aliphatic heterocycles. The van der Waals surface area contributed by atoms with Crippen molar-refractivity contribution in [2.75, 3.05) is 0 Å². The average Bonchev–Trinajstić information content (AvgIpc) is 3.46. The van der Waals surface area contributed by atoms with Crippen LogP contribution in [-0.2, 0) is 5.41 Å². The van der Waals surface area contributed by atoms with Crippen LogP contribution in [0.25, 0.3) is 27.5 Å². The molecule has 4 unspecified atom stereocenters. The molecule has 0 spiro atoms. The van der Waals surface area contributed by atoms with Crippen molar-refractivity contribution >= 4 is 24.6 Å². The summed E-state index contributed by atoms with van der Waals surface area (Å²) in [6.45, 7) is 27.6. The number of hydrogen-bond acceptors (Lipinski definition) is 1. The average molecular weight is 646 g/mol. The van der Waals surface area contributed by atoms with E-state index in [9.17, 15) is 0 Å². The van der Waals surface area contributed by atoms with Gasteiger partial charge in [-0.1, -0.05) is 126 Å². The van der Waals surface area contributed by atoms with Gasteiger partial charge < -0.3 is 4.57 Å². The summed E-state index contributed by atoms with van der Waals surface area (Å²) in [5.74, 6) is 2.01. The molecule has 1 saturated carbocycles. The zero-order valence-corrected chi connectivity index (χ0v) is 32.6. The molecule has 0 aromatic heterocycles. The lowest BCUT2D eigenvalue weighted by molar-refractivity contribution is 0.121. The van der Waals surface area contributed by atoms with Gasteiger partial charge in [-0.05, 0) is 134 Å². The Bertz CT molecular complexity index is 1650. The Morgan fingerprint density at radius 1 is 0.787 bits per heavy atom. The summed E-state index contributed by atoms with van der Waals surface area (Å²) >= 11 is 0. The first-order chi connectivity index (χ1) is 22.1. The monoisotopic (exact) mass is 645 g/mol. The highest BCUT2D eigenvalue weighted by atomic mass is 28.3. The van der Waals surface area contributed by atoms with Gasteiger partial charge in [0.05, 0.1) is 0 Å². The molecule has 3 aromatic carbocycles. The van der Waals surface area contributed by atoms with Gasteiger partial charge in [-0.25, -0.2) is 0 Å². The molecule has 6 rings (SSSR count). The number of hydrogen-bond donors (Lipinski definition) is 0. The molecule has 47 heavy (non-hydrogen) atoms. The second-order valence-corrected chi connectivity index (χ2v) is 22.5. The molecule has 252 valence electrons. The molecular formula is C45H63NSi. The molecule has 0 amide bonds. The third-order valence-corrected chi connectivity index (χ3v) is 17.4. The van der Waals surface area contributed by atoms with E-state index in [1.165, 1.54) is 72.4 Å². The highest BCUT2D eigenvalue weighted by Gasteiger charge is 2.57. The van der Waals surface area contributed by atoms with Crippen LogP contribution in [0.2, 0.25) is 18.6 Å². The van der Waals surface area contributed by atoms with Crippen LogP contribution in [0.15, 0.2) is 78.4 Å². The molecule has 0 saturated heterocycles. The van der Waals surface area contributed by atoms with E-state index in [2.05, 4.69) is 153 Å². The van der Waals surface area contributed by atoms with Crippen LogP contribution in [0.3, 0.4) is 0 Å². The molecule has 0 heterocycles. The molecule has 3 aliphatic rings. The normalized spacial score (nSPS) is 23.8. The maximum atomic E-state index is 3.00. The Labute approximate surface area is 289 Å². The van der Waals surface area contributed by atoms with Crippen LogP contribution in [0.1, 0.15) is 118 Å². The van der Waals surface area contributed by atoms with E-state index in [1.807, 2.05) is 0 Å². The van der Waals surface area contributed by atoms with Gasteiger partial charge in [0.1, 0.15) is 8.24 Å². The van der Waals surface area contributed by atoms with Crippen molar-refractivity contribution in [1.82, 2.24) is 4.57 Å². The van der Waals surface area contributed by atoms with Crippen molar-refractivity contribution in [2.45, 2.75) is 142 Å². The maximum absolute atomic E-state index is 3.00. The minimum atomic E-state index is -1.88. The number of rotatable bonds is 9. The van der Waals surface area contributed by atoms with Gasteiger partial charge >= 0.3 is 0 Å². The molecule has 1 fully saturated rings. The van der Waals surface area contributed by atoms with Gasteiger partial charge in [-0.15, -0.1) is 0 Å². The van der Waals surface area contributed by atoms with Gasteiger partial charge in [0, 0.05) is 16.5 Å². The molecule has 3 aliphatic carbocycles. The second kappa shape index (κ2) is 12.5. The highest BCUT2D eigenvalue weighted by molar-refractivity contribution is 6.76. The fourth-order valence-corrected chi connectivity index (χ4v) is 18.2. The quantitative estimate of drug-likeness (QED) is 0.209. The lowest BCUT2D eigenvalue weighted by Gasteiger charge is -2.57. The number of fused-ring (bicyclic) bond motifs is 5. The van der Waals surface area contributed by atoms with Crippen molar-refractivity contribution in [3.63, 3.8) is 0 Å². The van der Waals surface area contributed by atoms with Gasteiger partial charge in [0.25, 0.3) is 0 Å². The zero-order valence-electron chi connectivity index (χ0n) is 31.6. The number of unbranched alkanes of at least 4 members (excludes halogenated alkanes) is 2. The Morgan fingerprint density at radius 2 is 1.43 bits per heavy atom. The predicted molar refractivity (Wildman–Crippen MR) is 210 cm³/mol. The van der Waals surface area contributed by atoms with Crippen LogP contribution in [0, 0.1) is 17.8 Å². The number of benzene rings is 3. The van der Waals surface area contributed by atoms with Crippen LogP contribution in [-0.4, -0.2) is 23.9 Å². The molecule has 0 bridgehead atoms. The third kappa shape index (κ3) is 5.84. The van der Waals surface area contributed by atoms with Crippen molar-refractivity contribution in [3.05, 3.63) is 89.5 Å². The summed E-state index contributed by atoms with van der Waals surface area (Å²) in [4.78, 5) is 0. The molecule has 0 N–H and O–H groups in total. The third-order valence-electron chi connectivity index (χ3n) is 12.3. The Morgan fingerprint density at radius 3 is 2.06 bits per heavy atom. The standard InChI is InChI=1S/C45H63NSi/c1-12-14-25-45(26-15-13-2)40-29-33(36-22-18-20-32-19-16-17-21-35(32)36)23-24-37(40)39-28-34-27-31(3)42(38(34)30-41(39)45)47(10,11)46(43(4,5)6)44(7,8)9/h16-24,28-31,34,38,42H,12-15,25-27H2,1-11H3. The summed E-state index contributed by atoms with van der Waals surface area (Å²) in [5.41, 5.74) is 10.3. The van der Waals surface area contributed by atoms with Crippen molar-refractivity contribution < 1.29 is 0 Å². The number of allylic oxidation sites excluding steroid dienone is 4. The molecule has 0 radical (unpaired) electrons. The van der Waals surface area contributed by atoms with E-state index in [0.717, 1.165) is 11.5 Å². The van der Waals surface area contributed by atoms with Crippen LogP contribution in [0.4, 0.5) is 0 Å². The summed E-state index contributed by atoms with van der Waals surface area (Å²) in [6, 6.07) is 23.3. The Balaban J connectivity index is 1.53. The van der Waals surface area contributed by atoms with Gasteiger partial charge in [-0.2, -0.15) is 0 Å². The molecule has 1 nitrogen and oxygen atoms in total. The second-order valence-electron chi connectivity index (χ2n) is 18.0. The summed E-state index contributed by atoms with van der Waals surface area (Å²) in [6.07, 6.45) is 14.6. The van der Waals surface area contributed by atoms with Crippen LogP contribution < -0.4 is 0 Å². The van der Waals surface area contributed by atoms with Crippen molar-refractivity contribution in [3.8, 4) is 11.1 Å². The SMILES string of the molecule is CCCCC1(CCCC)C2=CC3C(C=C2c2ccc(-c4cccc5ccccc45)cc21)CC(C)C3[Si](C)(C)N(C(C)(C)C)C(C)(C)C. The predicted octanol–water partition coefficient (Wildman–Crippen LogP) is 13.2. The molecule has 2 heteroatoms. The van der Waals surface area contributed by atoms with Crippen molar-refractivity contribution in [2.24, 2.45) is 17.8 Å². The number of nitrogens with zero attached hydrogens (tertiary/aromatic N) is 1. The molecule has 4 atom stereocenters. The summed E-state index contributed by atoms with van der Waals surface area (Å²) in [5, 5.41) is 2.68. The lowest BCUT2D eigenvalue weighted by Crippen LogP contribution is -2.67. The van der Waals surface area contributed by atoms with E-state index in [-0.39, 0.29) is 16.5 Å². The van der Waals surface area contributed by atoms with E-state index < -0.39 is 8.24 Å². The van der Waals surface area contributed by atoms with Gasteiger partial charge in [-0.3, -0.25) is 0 Å². The van der Waals surface area contributed by atoms with E-state index in [4.69, 9.17) is 0 Å². The van der Waals surface area contributed by atoms with Crippen LogP contribution >= 0.6 is 0 Å². The van der Waals surface area contributed by atoms with Crippen molar-refractivity contribution in [1.29, 1.82) is 0 Å². The summed E-state index contributed by atoms with van der Waals surface area (Å²) < 4.78 is 3.00. The van der Waals surface area contributed by atoms with Gasteiger partial charge in [0.15, 0.2) is 0 Å². The minimum Gasteiger partial charge on any atom is -0.314 e. The van der Waals surface area contributed by atoms with Crippen LogP contribution in [0.5, 0.6) is 0 Å². The lowest BCUT2D eigenvalue weighted by atomic mass is 9.68. The molecular weight excluding hydrogens is 583 g/mol. The minimum absolute atomic E-state index is 0.106. The van der Waals surface area contributed by atoms with Gasteiger partial charge in [0.2, 0.25) is 0 Å². The first-order valence-electron chi connectivity index (χ1n) is 19.0. The fraction of sp³-hybridized carbons (Fsp3) is 0.556. The Hall–Kier alpha value is -2.42. The van der Waals surface area contributed by atoms with E-state index in [1.54, 1.807) is 16.7 Å². The summed E-state index contributed by atoms with van der Waals surface area (Å²) in [7, 11) is -1.88. The van der Waals surface area contributed by atoms with E-state index >= 15 is 0 Å². The van der Waals surface area contributed by atoms with E-state index in [0.29, 0.717) is 11.8 Å². The Kier molecular flexibility index (Phi) is 9.14. The highest BCUT2D eigenvalue weighted by Crippen LogP contribution is 2.63. The first kappa shape index (κ1) is 34.4. The smallest absolute Gasteiger partial charge is 0.127 e. The maximum Gasteiger partial charge on any atom is 0.127 e. The first-order valence-corrected chi connectivity index (χ1v) is 22.1.